The zero-order chi connectivity index (χ0) is 19.2. The van der Waals surface area contributed by atoms with Gasteiger partial charge in [0, 0.05) is 28.4 Å². The Morgan fingerprint density at radius 3 is 2.56 bits per heavy atom. The van der Waals surface area contributed by atoms with E-state index in [0.717, 1.165) is 19.3 Å². The Morgan fingerprint density at radius 1 is 1.04 bits per heavy atom. The molecule has 1 aromatic carbocycles. The van der Waals surface area contributed by atoms with Crippen molar-refractivity contribution in [3.8, 4) is 0 Å². The SMILES string of the molecule is O=C(CCCNC(=O)c1ccc(Cl)cc1)NNC(=O)c1cc2c(s1)CCC2. The van der Waals surface area contributed by atoms with Gasteiger partial charge in [-0.05, 0) is 61.6 Å². The first-order chi connectivity index (χ1) is 13.0. The number of halogens is 1. The van der Waals surface area contributed by atoms with E-state index in [0.29, 0.717) is 28.4 Å². The summed E-state index contributed by atoms with van der Waals surface area (Å²) in [5.41, 5.74) is 6.61. The molecule has 3 amide bonds. The van der Waals surface area contributed by atoms with Gasteiger partial charge in [-0.2, -0.15) is 0 Å². The molecule has 0 saturated heterocycles. The van der Waals surface area contributed by atoms with Crippen molar-refractivity contribution in [3.63, 3.8) is 0 Å². The standard InChI is InChI=1S/C19H20ClN3O3S/c20-14-8-6-12(7-9-14)18(25)21-10-2-5-17(24)22-23-19(26)16-11-13-3-1-4-15(13)27-16/h6-9,11H,1-5,10H2,(H,21,25)(H,22,24)(H,23,26). The number of hydrogen-bond acceptors (Lipinski definition) is 4. The van der Waals surface area contributed by atoms with E-state index in [1.165, 1.54) is 21.8 Å². The third-order valence-electron chi connectivity index (χ3n) is 4.26. The van der Waals surface area contributed by atoms with Gasteiger partial charge in [-0.1, -0.05) is 11.6 Å². The van der Waals surface area contributed by atoms with Crippen molar-refractivity contribution in [1.82, 2.24) is 16.2 Å². The topological polar surface area (TPSA) is 87.3 Å². The molecule has 3 N–H and O–H groups in total. The lowest BCUT2D eigenvalue weighted by molar-refractivity contribution is -0.121. The first kappa shape index (κ1) is 19.4. The van der Waals surface area contributed by atoms with Gasteiger partial charge >= 0.3 is 0 Å². The van der Waals surface area contributed by atoms with Crippen molar-refractivity contribution in [2.24, 2.45) is 0 Å². The number of rotatable bonds is 6. The van der Waals surface area contributed by atoms with Gasteiger partial charge in [0.25, 0.3) is 11.8 Å². The second-order valence-corrected chi connectivity index (χ2v) is 7.85. The molecule has 1 aliphatic rings. The summed E-state index contributed by atoms with van der Waals surface area (Å²) >= 11 is 7.27. The van der Waals surface area contributed by atoms with E-state index in [2.05, 4.69) is 16.2 Å². The molecule has 6 nitrogen and oxygen atoms in total. The molecule has 1 aromatic heterocycles. The number of amides is 3. The third-order valence-corrected chi connectivity index (χ3v) is 5.75. The van der Waals surface area contributed by atoms with Crippen molar-refractivity contribution in [3.05, 3.63) is 56.2 Å². The first-order valence-electron chi connectivity index (χ1n) is 8.77. The Bertz CT molecular complexity index is 827. The molecule has 27 heavy (non-hydrogen) atoms. The fraction of sp³-hybridized carbons (Fsp3) is 0.316. The molecule has 0 radical (unpaired) electrons. The average molecular weight is 406 g/mol. The van der Waals surface area contributed by atoms with Gasteiger partial charge in [0.05, 0.1) is 4.88 Å². The van der Waals surface area contributed by atoms with Crippen LogP contribution >= 0.6 is 22.9 Å². The van der Waals surface area contributed by atoms with Crippen LogP contribution in [-0.2, 0) is 17.6 Å². The minimum absolute atomic E-state index is 0.197. The Hall–Kier alpha value is -2.38. The molecule has 0 spiro atoms. The summed E-state index contributed by atoms with van der Waals surface area (Å²) < 4.78 is 0. The summed E-state index contributed by atoms with van der Waals surface area (Å²) in [5.74, 6) is -0.807. The summed E-state index contributed by atoms with van der Waals surface area (Å²) in [7, 11) is 0. The molecule has 1 aliphatic carbocycles. The molecule has 0 fully saturated rings. The van der Waals surface area contributed by atoms with Crippen molar-refractivity contribution in [1.29, 1.82) is 0 Å². The lowest BCUT2D eigenvalue weighted by Gasteiger charge is -2.07. The highest BCUT2D eigenvalue weighted by Gasteiger charge is 2.18. The van der Waals surface area contributed by atoms with E-state index in [1.807, 2.05) is 6.07 Å². The zero-order valence-electron chi connectivity index (χ0n) is 14.6. The van der Waals surface area contributed by atoms with Crippen LogP contribution < -0.4 is 16.2 Å². The molecule has 1 heterocycles. The number of carbonyl (C=O) groups excluding carboxylic acids is 3. The quantitative estimate of drug-likeness (QED) is 0.510. The fourth-order valence-corrected chi connectivity index (χ4v) is 4.12. The molecule has 3 rings (SSSR count). The lowest BCUT2D eigenvalue weighted by atomic mass is 10.2. The number of hydrazine groups is 1. The normalized spacial score (nSPS) is 12.3. The van der Waals surface area contributed by atoms with Crippen molar-refractivity contribution < 1.29 is 14.4 Å². The van der Waals surface area contributed by atoms with Crippen molar-refractivity contribution in [2.75, 3.05) is 6.54 Å². The van der Waals surface area contributed by atoms with E-state index in [1.54, 1.807) is 24.3 Å². The number of fused-ring (bicyclic) bond motifs is 1. The molecule has 0 aliphatic heterocycles. The molecule has 0 atom stereocenters. The summed E-state index contributed by atoms with van der Waals surface area (Å²) in [6, 6.07) is 8.48. The minimum Gasteiger partial charge on any atom is -0.352 e. The zero-order valence-corrected chi connectivity index (χ0v) is 16.2. The van der Waals surface area contributed by atoms with Crippen LogP contribution in [0.3, 0.4) is 0 Å². The van der Waals surface area contributed by atoms with E-state index in [4.69, 9.17) is 11.6 Å². The maximum atomic E-state index is 12.1. The molecular formula is C19H20ClN3O3S. The van der Waals surface area contributed by atoms with Crippen LogP contribution in [0.2, 0.25) is 5.02 Å². The molecule has 8 heteroatoms. The maximum absolute atomic E-state index is 12.1. The van der Waals surface area contributed by atoms with E-state index >= 15 is 0 Å². The summed E-state index contributed by atoms with van der Waals surface area (Å²) in [5, 5.41) is 3.31. The van der Waals surface area contributed by atoms with E-state index in [9.17, 15) is 14.4 Å². The van der Waals surface area contributed by atoms with Crippen LogP contribution in [0.25, 0.3) is 0 Å². The molecule has 0 bridgehead atoms. The largest absolute Gasteiger partial charge is 0.352 e. The molecular weight excluding hydrogens is 386 g/mol. The Kier molecular flexibility index (Phi) is 6.47. The van der Waals surface area contributed by atoms with Crippen molar-refractivity contribution in [2.45, 2.75) is 32.1 Å². The number of aryl methyl sites for hydroxylation is 2. The smallest absolute Gasteiger partial charge is 0.279 e. The maximum Gasteiger partial charge on any atom is 0.279 e. The molecule has 142 valence electrons. The summed E-state index contributed by atoms with van der Waals surface area (Å²) in [6.07, 6.45) is 3.86. The number of nitrogens with one attached hydrogen (secondary N) is 3. The number of carbonyl (C=O) groups is 3. The average Bonchev–Trinajstić information content (AvgIpc) is 3.26. The second-order valence-electron chi connectivity index (χ2n) is 6.28. The first-order valence-corrected chi connectivity index (χ1v) is 9.97. The lowest BCUT2D eigenvalue weighted by Crippen LogP contribution is -2.41. The number of benzene rings is 1. The van der Waals surface area contributed by atoms with Crippen LogP contribution in [0, 0.1) is 0 Å². The fourth-order valence-electron chi connectivity index (χ4n) is 2.85. The Balaban J connectivity index is 1.33. The Labute approximate surface area is 166 Å². The third kappa shape index (κ3) is 5.30. The van der Waals surface area contributed by atoms with Gasteiger partial charge in [0.2, 0.25) is 5.91 Å². The summed E-state index contributed by atoms with van der Waals surface area (Å²) in [4.78, 5) is 37.7. The van der Waals surface area contributed by atoms with E-state index in [-0.39, 0.29) is 24.1 Å². The van der Waals surface area contributed by atoms with Gasteiger partial charge in [0.1, 0.15) is 0 Å². The van der Waals surface area contributed by atoms with Crippen molar-refractivity contribution >= 4 is 40.7 Å². The highest BCUT2D eigenvalue weighted by Crippen LogP contribution is 2.30. The van der Waals surface area contributed by atoms with Gasteiger partial charge in [-0.3, -0.25) is 25.2 Å². The predicted molar refractivity (Wildman–Crippen MR) is 105 cm³/mol. The predicted octanol–water partition coefficient (Wildman–Crippen LogP) is 2.86. The Morgan fingerprint density at radius 2 is 1.81 bits per heavy atom. The van der Waals surface area contributed by atoms with Crippen LogP contribution in [0.1, 0.15) is 49.7 Å². The minimum atomic E-state index is -0.298. The van der Waals surface area contributed by atoms with Gasteiger partial charge in [-0.15, -0.1) is 11.3 Å². The van der Waals surface area contributed by atoms with Gasteiger partial charge in [0.15, 0.2) is 0 Å². The highest BCUT2D eigenvalue weighted by molar-refractivity contribution is 7.14. The van der Waals surface area contributed by atoms with Gasteiger partial charge < -0.3 is 5.32 Å². The van der Waals surface area contributed by atoms with Crippen LogP contribution in [0.5, 0.6) is 0 Å². The molecule has 0 unspecified atom stereocenters. The monoisotopic (exact) mass is 405 g/mol. The number of hydrogen-bond donors (Lipinski definition) is 3. The highest BCUT2D eigenvalue weighted by atomic mass is 35.5. The van der Waals surface area contributed by atoms with E-state index < -0.39 is 0 Å². The molecule has 0 saturated carbocycles. The van der Waals surface area contributed by atoms with Crippen LogP contribution in [0.4, 0.5) is 0 Å². The van der Waals surface area contributed by atoms with Crippen LogP contribution in [-0.4, -0.2) is 24.3 Å². The van der Waals surface area contributed by atoms with Crippen LogP contribution in [0.15, 0.2) is 30.3 Å². The van der Waals surface area contributed by atoms with Gasteiger partial charge in [-0.25, -0.2) is 0 Å². The number of thiophene rings is 1. The summed E-state index contributed by atoms with van der Waals surface area (Å²) in [6.45, 7) is 0.362. The molecule has 2 aromatic rings. The second kappa shape index (κ2) is 9.01.